The normalized spacial score (nSPS) is 11.4. The third-order valence-electron chi connectivity index (χ3n) is 4.31. The monoisotopic (exact) mass is 496 g/mol. The zero-order chi connectivity index (χ0) is 23.8. The van der Waals surface area contributed by atoms with E-state index in [0.717, 1.165) is 11.8 Å². The second-order valence-corrected chi connectivity index (χ2v) is 8.69. The summed E-state index contributed by atoms with van der Waals surface area (Å²) >= 11 is 13.8. The minimum absolute atomic E-state index is 0.00544. The highest BCUT2D eigenvalue weighted by Gasteiger charge is 2.32. The van der Waals surface area contributed by atoms with Gasteiger partial charge < -0.3 is 10.1 Å². The summed E-state index contributed by atoms with van der Waals surface area (Å²) in [5, 5.41) is 2.77. The SMILES string of the molecule is COC(=O)Cc1ccccc1N(C(=O)[C@@H](CSC(C)=O)NC(C)=O)c1c(Cl)cccc1Cl. The first-order chi connectivity index (χ1) is 15.1. The van der Waals surface area contributed by atoms with Crippen molar-refractivity contribution in [2.24, 2.45) is 0 Å². The number of rotatable bonds is 8. The molecule has 0 aliphatic heterocycles. The van der Waals surface area contributed by atoms with Crippen LogP contribution in [0.5, 0.6) is 0 Å². The van der Waals surface area contributed by atoms with Gasteiger partial charge in [0, 0.05) is 19.6 Å². The summed E-state index contributed by atoms with van der Waals surface area (Å²) in [6.07, 6.45) is -0.106. The summed E-state index contributed by atoms with van der Waals surface area (Å²) in [7, 11) is 1.27. The second-order valence-electron chi connectivity index (χ2n) is 6.68. The van der Waals surface area contributed by atoms with Crippen LogP contribution in [-0.4, -0.2) is 41.8 Å². The lowest BCUT2D eigenvalue weighted by Gasteiger charge is -2.30. The van der Waals surface area contributed by atoms with Crippen LogP contribution in [0.4, 0.5) is 11.4 Å². The van der Waals surface area contributed by atoms with E-state index in [1.807, 2.05) is 0 Å². The van der Waals surface area contributed by atoms with Gasteiger partial charge in [-0.25, -0.2) is 0 Å². The van der Waals surface area contributed by atoms with Gasteiger partial charge in [0.1, 0.15) is 6.04 Å². The number of benzene rings is 2. The molecule has 1 N–H and O–H groups in total. The Morgan fingerprint density at radius 1 is 1.03 bits per heavy atom. The summed E-state index contributed by atoms with van der Waals surface area (Å²) in [5.74, 6) is -1.51. The van der Waals surface area contributed by atoms with Crippen LogP contribution in [0.3, 0.4) is 0 Å². The Morgan fingerprint density at radius 2 is 1.66 bits per heavy atom. The second kappa shape index (κ2) is 11.9. The van der Waals surface area contributed by atoms with Crippen LogP contribution in [0, 0.1) is 0 Å². The third-order valence-corrected chi connectivity index (χ3v) is 5.82. The molecule has 10 heteroatoms. The van der Waals surface area contributed by atoms with E-state index in [2.05, 4.69) is 5.32 Å². The minimum Gasteiger partial charge on any atom is -0.469 e. The molecule has 7 nitrogen and oxygen atoms in total. The molecule has 0 heterocycles. The molecule has 0 fully saturated rings. The number of nitrogens with zero attached hydrogens (tertiary/aromatic N) is 1. The molecule has 2 aromatic carbocycles. The number of amides is 2. The molecule has 1 atom stereocenters. The Bertz CT molecular complexity index is 1010. The van der Waals surface area contributed by atoms with E-state index in [-0.39, 0.29) is 33.0 Å². The Balaban J connectivity index is 2.67. The van der Waals surface area contributed by atoms with E-state index < -0.39 is 23.8 Å². The summed E-state index contributed by atoms with van der Waals surface area (Å²) in [5.41, 5.74) is 1.03. The summed E-state index contributed by atoms with van der Waals surface area (Å²) in [6, 6.07) is 10.4. The first kappa shape index (κ1) is 25.7. The number of thioether (sulfide) groups is 1. The molecule has 2 amide bonds. The molecule has 0 aliphatic rings. The van der Waals surface area contributed by atoms with Crippen molar-refractivity contribution < 1.29 is 23.9 Å². The van der Waals surface area contributed by atoms with E-state index in [9.17, 15) is 19.2 Å². The van der Waals surface area contributed by atoms with Crippen molar-refractivity contribution in [3.63, 3.8) is 0 Å². The smallest absolute Gasteiger partial charge is 0.310 e. The van der Waals surface area contributed by atoms with Crippen molar-refractivity contribution >= 4 is 69.2 Å². The van der Waals surface area contributed by atoms with Gasteiger partial charge >= 0.3 is 5.97 Å². The number of para-hydroxylation sites is 2. The molecule has 0 bridgehead atoms. The van der Waals surface area contributed by atoms with Gasteiger partial charge in [0.2, 0.25) is 5.91 Å². The van der Waals surface area contributed by atoms with Crippen LogP contribution >= 0.6 is 35.0 Å². The van der Waals surface area contributed by atoms with Crippen LogP contribution < -0.4 is 10.2 Å². The number of anilines is 2. The molecule has 0 aliphatic carbocycles. The van der Waals surface area contributed by atoms with Crippen molar-refractivity contribution in [3.8, 4) is 0 Å². The lowest BCUT2D eigenvalue weighted by atomic mass is 10.1. The first-order valence-corrected chi connectivity index (χ1v) is 11.2. The molecule has 0 unspecified atom stereocenters. The van der Waals surface area contributed by atoms with E-state index >= 15 is 0 Å². The summed E-state index contributed by atoms with van der Waals surface area (Å²) < 4.78 is 4.78. The molecular formula is C22H22Cl2N2O5S. The van der Waals surface area contributed by atoms with Crippen LogP contribution in [0.1, 0.15) is 19.4 Å². The Morgan fingerprint density at radius 3 is 2.22 bits per heavy atom. The lowest BCUT2D eigenvalue weighted by molar-refractivity contribution is -0.139. The highest BCUT2D eigenvalue weighted by atomic mass is 35.5. The number of hydrogen-bond acceptors (Lipinski definition) is 6. The van der Waals surface area contributed by atoms with E-state index in [1.165, 1.54) is 25.9 Å². The Labute approximate surface area is 200 Å². The number of hydrogen-bond donors (Lipinski definition) is 1. The van der Waals surface area contributed by atoms with Gasteiger partial charge in [-0.05, 0) is 23.8 Å². The Hall–Kier alpha value is -2.55. The molecule has 0 saturated carbocycles. The van der Waals surface area contributed by atoms with E-state index in [0.29, 0.717) is 11.3 Å². The number of nitrogens with one attached hydrogen (secondary N) is 1. The van der Waals surface area contributed by atoms with Gasteiger partial charge in [0.25, 0.3) is 5.91 Å². The molecule has 0 aromatic heterocycles. The number of carbonyl (C=O) groups excluding carboxylic acids is 4. The number of methoxy groups -OCH3 is 1. The van der Waals surface area contributed by atoms with Crippen molar-refractivity contribution in [2.75, 3.05) is 17.8 Å². The molecule has 2 rings (SSSR count). The fourth-order valence-corrected chi connectivity index (χ4v) is 4.13. The highest BCUT2D eigenvalue weighted by molar-refractivity contribution is 8.13. The largest absolute Gasteiger partial charge is 0.469 e. The quantitative estimate of drug-likeness (QED) is 0.551. The first-order valence-electron chi connectivity index (χ1n) is 9.48. The van der Waals surface area contributed by atoms with Gasteiger partial charge in [-0.3, -0.25) is 24.1 Å². The molecule has 0 spiro atoms. The molecule has 0 radical (unpaired) electrons. The third kappa shape index (κ3) is 6.72. The number of esters is 1. The van der Waals surface area contributed by atoms with Crippen molar-refractivity contribution in [3.05, 3.63) is 58.1 Å². The van der Waals surface area contributed by atoms with Crippen molar-refractivity contribution in [1.29, 1.82) is 0 Å². The Kier molecular flexibility index (Phi) is 9.56. The maximum atomic E-state index is 13.8. The van der Waals surface area contributed by atoms with Crippen LogP contribution in [0.25, 0.3) is 0 Å². The van der Waals surface area contributed by atoms with E-state index in [1.54, 1.807) is 42.5 Å². The summed E-state index contributed by atoms with van der Waals surface area (Å²) in [4.78, 5) is 50.3. The van der Waals surface area contributed by atoms with Crippen LogP contribution in [0.2, 0.25) is 10.0 Å². The minimum atomic E-state index is -1.06. The zero-order valence-electron chi connectivity index (χ0n) is 17.7. The number of halogens is 2. The average molecular weight is 497 g/mol. The maximum absolute atomic E-state index is 13.8. The van der Waals surface area contributed by atoms with Crippen molar-refractivity contribution in [2.45, 2.75) is 26.3 Å². The van der Waals surface area contributed by atoms with E-state index in [4.69, 9.17) is 27.9 Å². The van der Waals surface area contributed by atoms with Gasteiger partial charge in [-0.1, -0.05) is 59.2 Å². The van der Waals surface area contributed by atoms with Crippen LogP contribution in [0.15, 0.2) is 42.5 Å². The average Bonchev–Trinajstić information content (AvgIpc) is 2.73. The fourth-order valence-electron chi connectivity index (χ4n) is 2.93. The fraction of sp³-hybridized carbons (Fsp3) is 0.273. The van der Waals surface area contributed by atoms with Gasteiger partial charge in [0.05, 0.1) is 35.0 Å². The predicted molar refractivity (Wildman–Crippen MR) is 127 cm³/mol. The van der Waals surface area contributed by atoms with Crippen molar-refractivity contribution in [1.82, 2.24) is 5.32 Å². The van der Waals surface area contributed by atoms with Gasteiger partial charge in [-0.2, -0.15) is 0 Å². The topological polar surface area (TPSA) is 92.8 Å². The lowest BCUT2D eigenvalue weighted by Crippen LogP contribution is -2.48. The number of carbonyl (C=O) groups is 4. The summed E-state index contributed by atoms with van der Waals surface area (Å²) in [6.45, 7) is 2.64. The predicted octanol–water partition coefficient (Wildman–Crippen LogP) is 4.16. The molecule has 170 valence electrons. The maximum Gasteiger partial charge on any atom is 0.310 e. The molecule has 0 saturated heterocycles. The molecular weight excluding hydrogens is 475 g/mol. The van der Waals surface area contributed by atoms with Gasteiger partial charge in [0.15, 0.2) is 5.12 Å². The highest BCUT2D eigenvalue weighted by Crippen LogP contribution is 2.40. The molecule has 2 aromatic rings. The number of ether oxygens (including phenoxy) is 1. The standard InChI is InChI=1S/C22H22Cl2N2O5S/c1-13(27)25-18(12-32-14(2)28)22(30)26(21-16(23)8-6-9-17(21)24)19-10-5-4-7-15(19)11-20(29)31-3/h4-10,18H,11-12H2,1-3H3,(H,25,27)/t18-/m1/s1. The zero-order valence-corrected chi connectivity index (χ0v) is 20.0. The van der Waals surface area contributed by atoms with Crippen LogP contribution in [-0.2, 0) is 30.3 Å². The molecule has 32 heavy (non-hydrogen) atoms. The van der Waals surface area contributed by atoms with Gasteiger partial charge in [-0.15, -0.1) is 0 Å².